The lowest BCUT2D eigenvalue weighted by molar-refractivity contribution is 0.102. The average molecular weight is 609 g/mol. The largest absolute Gasteiger partial charge is 0.492 e. The Morgan fingerprint density at radius 2 is 1.77 bits per heavy atom. The van der Waals surface area contributed by atoms with Gasteiger partial charge >= 0.3 is 0 Å². The molecule has 8 nitrogen and oxygen atoms in total. The number of carbonyl (C=O) groups excluding carboxylic acids is 1. The molecule has 43 heavy (non-hydrogen) atoms. The molecule has 1 aliphatic carbocycles. The van der Waals surface area contributed by atoms with Crippen LogP contribution in [0.2, 0.25) is 0 Å². The van der Waals surface area contributed by atoms with E-state index in [2.05, 4.69) is 42.7 Å². The molecule has 1 aliphatic rings. The van der Waals surface area contributed by atoms with Crippen LogP contribution in [-0.4, -0.2) is 25.0 Å². The third-order valence-electron chi connectivity index (χ3n) is 6.93. The number of anilines is 3. The van der Waals surface area contributed by atoms with Crippen LogP contribution >= 0.6 is 11.9 Å². The van der Waals surface area contributed by atoms with Gasteiger partial charge in [0, 0.05) is 29.9 Å². The summed E-state index contributed by atoms with van der Waals surface area (Å²) in [5.74, 6) is 7.95. The second-order valence-electron chi connectivity index (χ2n) is 12.6. The topological polar surface area (TPSA) is 118 Å². The number of hydrogen-bond donors (Lipinski definition) is 4. The standard InChI is InChI=1S/C30H44N6O2S.C4H8/c1-18(2)23(16-33-19(3)4)24(31)17-36(32)27-13-21(12-11-20(27)5)29(37)34-25-14-22(30(6,7)8)15-26(35-39-10)28(25)38-9;1-4-2-3-4/h11-18,35H,31-32H2,1-10H3,(H,34,37);4H,2-3H2,1H3/b23-16+,24-17-;. The van der Waals surface area contributed by atoms with Gasteiger partial charge in [-0.3, -0.25) is 14.8 Å². The van der Waals surface area contributed by atoms with E-state index in [0.717, 1.165) is 34.0 Å². The highest BCUT2D eigenvalue weighted by Crippen LogP contribution is 2.40. The molecule has 0 unspecified atom stereocenters. The third-order valence-corrected chi connectivity index (χ3v) is 7.35. The van der Waals surface area contributed by atoms with Crippen molar-refractivity contribution in [2.75, 3.05) is 28.4 Å². The summed E-state index contributed by atoms with van der Waals surface area (Å²) >= 11 is 1.46. The van der Waals surface area contributed by atoms with E-state index >= 15 is 0 Å². The van der Waals surface area contributed by atoms with Gasteiger partial charge in [0.05, 0.1) is 29.9 Å². The minimum atomic E-state index is -0.281. The van der Waals surface area contributed by atoms with Crippen molar-refractivity contribution in [1.29, 1.82) is 0 Å². The van der Waals surface area contributed by atoms with Crippen LogP contribution in [0.4, 0.5) is 17.1 Å². The van der Waals surface area contributed by atoms with E-state index in [1.54, 1.807) is 31.6 Å². The van der Waals surface area contributed by atoms with E-state index in [0.29, 0.717) is 28.4 Å². The molecular formula is C34H52N6O2S. The average Bonchev–Trinajstić information content (AvgIpc) is 3.70. The highest BCUT2D eigenvalue weighted by Gasteiger charge is 2.22. The summed E-state index contributed by atoms with van der Waals surface area (Å²) in [5, 5.41) is 4.49. The van der Waals surface area contributed by atoms with Crippen molar-refractivity contribution in [3.63, 3.8) is 0 Å². The minimum Gasteiger partial charge on any atom is -0.492 e. The number of nitrogens with two attached hydrogens (primary N) is 2. The highest BCUT2D eigenvalue weighted by molar-refractivity contribution is 7.99. The zero-order valence-corrected chi connectivity index (χ0v) is 28.7. The number of carbonyl (C=O) groups is 1. The molecular weight excluding hydrogens is 556 g/mol. The van der Waals surface area contributed by atoms with Gasteiger partial charge in [0.1, 0.15) is 0 Å². The van der Waals surface area contributed by atoms with E-state index < -0.39 is 0 Å². The molecule has 0 aliphatic heterocycles. The molecule has 0 atom stereocenters. The summed E-state index contributed by atoms with van der Waals surface area (Å²) in [6.07, 6.45) is 8.34. The van der Waals surface area contributed by atoms with E-state index in [1.807, 2.05) is 59.1 Å². The maximum atomic E-state index is 13.5. The van der Waals surface area contributed by atoms with Gasteiger partial charge in [-0.25, -0.2) is 5.84 Å². The zero-order chi connectivity index (χ0) is 32.5. The summed E-state index contributed by atoms with van der Waals surface area (Å²) in [6.45, 7) is 18.5. The van der Waals surface area contributed by atoms with Crippen LogP contribution in [0.25, 0.3) is 0 Å². The Kier molecular flexibility index (Phi) is 13.2. The number of aryl methyl sites for hydroxylation is 1. The number of methoxy groups -OCH3 is 1. The molecule has 9 heteroatoms. The number of hydrogen-bond acceptors (Lipinski definition) is 8. The molecule has 1 fully saturated rings. The summed E-state index contributed by atoms with van der Waals surface area (Å²) in [4.78, 5) is 17.9. The summed E-state index contributed by atoms with van der Waals surface area (Å²) in [6, 6.07) is 9.39. The molecule has 0 saturated heterocycles. The van der Waals surface area contributed by atoms with Gasteiger partial charge in [0.15, 0.2) is 5.75 Å². The van der Waals surface area contributed by atoms with Crippen molar-refractivity contribution < 1.29 is 9.53 Å². The van der Waals surface area contributed by atoms with Crippen LogP contribution in [0.3, 0.4) is 0 Å². The number of hydrazine groups is 1. The summed E-state index contributed by atoms with van der Waals surface area (Å²) < 4.78 is 8.94. The lowest BCUT2D eigenvalue weighted by Gasteiger charge is -2.24. The van der Waals surface area contributed by atoms with Crippen molar-refractivity contribution in [1.82, 2.24) is 0 Å². The van der Waals surface area contributed by atoms with Crippen molar-refractivity contribution in [2.24, 2.45) is 28.4 Å². The fourth-order valence-electron chi connectivity index (χ4n) is 4.00. The quantitative estimate of drug-likeness (QED) is 0.0706. The molecule has 0 radical (unpaired) electrons. The van der Waals surface area contributed by atoms with Crippen molar-refractivity contribution in [2.45, 2.75) is 80.6 Å². The summed E-state index contributed by atoms with van der Waals surface area (Å²) in [7, 11) is 1.59. The molecule has 0 spiro atoms. The van der Waals surface area contributed by atoms with Crippen LogP contribution in [-0.2, 0) is 5.41 Å². The number of aliphatic imine (C=N–C) groups is 1. The first-order valence-electron chi connectivity index (χ1n) is 14.7. The fourth-order valence-corrected chi connectivity index (χ4v) is 4.37. The number of rotatable bonds is 10. The first kappa shape index (κ1) is 35.8. The number of nitrogens with zero attached hydrogens (tertiary/aromatic N) is 2. The molecule has 2 aromatic carbocycles. The van der Waals surface area contributed by atoms with Crippen molar-refractivity contribution in [3.8, 4) is 5.75 Å². The predicted molar refractivity (Wildman–Crippen MR) is 187 cm³/mol. The minimum absolute atomic E-state index is 0.131. The second-order valence-corrected chi connectivity index (χ2v) is 13.2. The molecule has 0 heterocycles. The van der Waals surface area contributed by atoms with Crippen LogP contribution in [0, 0.1) is 18.8 Å². The van der Waals surface area contributed by atoms with Crippen molar-refractivity contribution >= 4 is 40.6 Å². The number of nitrogens with one attached hydrogen (secondary N) is 2. The Morgan fingerprint density at radius 1 is 1.16 bits per heavy atom. The molecule has 236 valence electrons. The fraction of sp³-hybridized carbons (Fsp3) is 0.471. The van der Waals surface area contributed by atoms with Crippen LogP contribution < -0.4 is 31.4 Å². The second kappa shape index (κ2) is 15.9. The zero-order valence-electron chi connectivity index (χ0n) is 27.9. The van der Waals surface area contributed by atoms with Gasteiger partial charge in [-0.1, -0.05) is 72.4 Å². The third kappa shape index (κ3) is 11.0. The maximum Gasteiger partial charge on any atom is 0.255 e. The van der Waals surface area contributed by atoms with Crippen molar-refractivity contribution in [3.05, 3.63) is 70.7 Å². The lowest BCUT2D eigenvalue weighted by atomic mass is 9.86. The van der Waals surface area contributed by atoms with Crippen LogP contribution in [0.15, 0.2) is 59.0 Å². The Labute approximate surface area is 263 Å². The number of amides is 1. The monoisotopic (exact) mass is 608 g/mol. The van der Waals surface area contributed by atoms with Gasteiger partial charge in [0.25, 0.3) is 5.91 Å². The maximum absolute atomic E-state index is 13.5. The first-order chi connectivity index (χ1) is 20.1. The Balaban J connectivity index is 0.00000148. The molecule has 0 aromatic heterocycles. The Morgan fingerprint density at radius 3 is 2.26 bits per heavy atom. The van der Waals surface area contributed by atoms with E-state index in [1.165, 1.54) is 29.8 Å². The van der Waals surface area contributed by atoms with Crippen LogP contribution in [0.1, 0.15) is 89.7 Å². The Hall–Kier alpha value is -3.43. The first-order valence-corrected chi connectivity index (χ1v) is 16.0. The van der Waals surface area contributed by atoms with Gasteiger partial charge in [0.2, 0.25) is 0 Å². The van der Waals surface area contributed by atoms with Gasteiger partial charge in [-0.05, 0) is 79.0 Å². The SMILES string of the molecule is CC1CC1.COc1c(NSC)cc(C(C)(C)C)cc1NC(=O)c1ccc(C)c(N(N)/C=C(N)/C(=C/N=C(C)C)C(C)C)c1. The molecule has 6 N–H and O–H groups in total. The van der Waals surface area contributed by atoms with Crippen LogP contribution in [0.5, 0.6) is 5.75 Å². The smallest absolute Gasteiger partial charge is 0.255 e. The molecule has 1 saturated carbocycles. The van der Waals surface area contributed by atoms with E-state index in [-0.39, 0.29) is 17.2 Å². The molecule has 0 bridgehead atoms. The lowest BCUT2D eigenvalue weighted by Crippen LogP contribution is -2.28. The van der Waals surface area contributed by atoms with Gasteiger partial charge in [-0.2, -0.15) is 0 Å². The normalized spacial score (nSPS) is 13.6. The highest BCUT2D eigenvalue weighted by atomic mass is 32.2. The van der Waals surface area contributed by atoms with E-state index in [9.17, 15) is 4.79 Å². The predicted octanol–water partition coefficient (Wildman–Crippen LogP) is 8.16. The molecule has 3 rings (SSSR count). The number of ether oxygens (including phenoxy) is 1. The number of allylic oxidation sites excluding steroid dienone is 1. The van der Waals surface area contributed by atoms with E-state index in [4.69, 9.17) is 16.3 Å². The van der Waals surface area contributed by atoms with Gasteiger partial charge in [-0.15, -0.1) is 0 Å². The Bertz CT molecular complexity index is 1350. The molecule has 1 amide bonds. The summed E-state index contributed by atoms with van der Waals surface area (Å²) in [5.41, 5.74) is 13.0. The number of benzene rings is 2. The van der Waals surface area contributed by atoms with Gasteiger partial charge < -0.3 is 20.5 Å². The molecule has 2 aromatic rings.